The smallest absolute Gasteiger partial charge is 0.166 e. The topological polar surface area (TPSA) is 0 Å². The molecule has 2 rings (SSSR count). The molecular formula is C16H14ClF3. The molecule has 0 saturated heterocycles. The van der Waals surface area contributed by atoms with E-state index in [0.717, 1.165) is 23.3 Å². The van der Waals surface area contributed by atoms with Crippen molar-refractivity contribution in [2.75, 3.05) is 0 Å². The van der Waals surface area contributed by atoms with Crippen molar-refractivity contribution < 1.29 is 13.2 Å². The number of benzene rings is 2. The molecule has 0 heterocycles. The molecule has 0 fully saturated rings. The molecule has 0 aliphatic rings. The minimum atomic E-state index is -4.31. The van der Waals surface area contributed by atoms with Crippen LogP contribution in [0.15, 0.2) is 48.5 Å². The van der Waals surface area contributed by atoms with Crippen LogP contribution in [0.5, 0.6) is 0 Å². The molecule has 1 unspecified atom stereocenters. The molecule has 106 valence electrons. The van der Waals surface area contributed by atoms with E-state index in [4.69, 9.17) is 11.6 Å². The monoisotopic (exact) mass is 298 g/mol. The van der Waals surface area contributed by atoms with Gasteiger partial charge < -0.3 is 0 Å². The van der Waals surface area contributed by atoms with Gasteiger partial charge in [-0.25, -0.2) is 0 Å². The molecule has 1 atom stereocenters. The van der Waals surface area contributed by atoms with Crippen molar-refractivity contribution in [2.45, 2.75) is 24.9 Å². The molecule has 4 heteroatoms. The molecule has 0 radical (unpaired) electrons. The molecule has 0 bridgehead atoms. The summed E-state index contributed by atoms with van der Waals surface area (Å²) >= 11 is 6.28. The van der Waals surface area contributed by atoms with Gasteiger partial charge in [-0.3, -0.25) is 0 Å². The molecule has 0 spiro atoms. The highest BCUT2D eigenvalue weighted by Crippen LogP contribution is 2.31. The third-order valence-electron chi connectivity index (χ3n) is 3.10. The second-order valence-electron chi connectivity index (χ2n) is 4.78. The van der Waals surface area contributed by atoms with Crippen molar-refractivity contribution in [1.29, 1.82) is 0 Å². The van der Waals surface area contributed by atoms with Crippen molar-refractivity contribution >= 4 is 11.6 Å². The highest BCUT2D eigenvalue weighted by atomic mass is 35.5. The average Bonchev–Trinajstić information content (AvgIpc) is 2.38. The minimum absolute atomic E-state index is 0.334. The standard InChI is InChI=1S/C16H14ClF3/c1-11-3-2-4-12(9-11)10-15(17)13-5-7-14(8-6-13)16(18,19)20/h2-9,15H,10H2,1H3. The maximum absolute atomic E-state index is 12.5. The van der Waals surface area contributed by atoms with Gasteiger partial charge in [0.15, 0.2) is 0 Å². The maximum atomic E-state index is 12.5. The van der Waals surface area contributed by atoms with Gasteiger partial charge in [0.2, 0.25) is 0 Å². The second kappa shape index (κ2) is 5.88. The summed E-state index contributed by atoms with van der Waals surface area (Å²) in [5.74, 6) is 0. The first-order valence-electron chi connectivity index (χ1n) is 6.23. The van der Waals surface area contributed by atoms with Crippen LogP contribution in [-0.4, -0.2) is 0 Å². The Morgan fingerprint density at radius 1 is 1.05 bits per heavy atom. The number of rotatable bonds is 3. The molecule has 0 nitrogen and oxygen atoms in total. The van der Waals surface area contributed by atoms with Crippen LogP contribution >= 0.6 is 11.6 Å². The number of halogens is 4. The summed E-state index contributed by atoms with van der Waals surface area (Å²) in [4.78, 5) is 0. The normalized spacial score (nSPS) is 13.2. The number of hydrogen-bond acceptors (Lipinski definition) is 0. The lowest BCUT2D eigenvalue weighted by Gasteiger charge is -2.12. The molecule has 20 heavy (non-hydrogen) atoms. The Kier molecular flexibility index (Phi) is 4.39. The van der Waals surface area contributed by atoms with Gasteiger partial charge in [0.1, 0.15) is 0 Å². The van der Waals surface area contributed by atoms with E-state index < -0.39 is 11.7 Å². The van der Waals surface area contributed by atoms with Crippen LogP contribution in [0.2, 0.25) is 0 Å². The lowest BCUT2D eigenvalue weighted by Crippen LogP contribution is -2.05. The third-order valence-corrected chi connectivity index (χ3v) is 3.50. The van der Waals surface area contributed by atoms with Gasteiger partial charge >= 0.3 is 6.18 Å². The van der Waals surface area contributed by atoms with Gasteiger partial charge in [0.05, 0.1) is 10.9 Å². The Bertz CT molecular complexity index is 573. The van der Waals surface area contributed by atoms with Gasteiger partial charge in [-0.1, -0.05) is 42.0 Å². The second-order valence-corrected chi connectivity index (χ2v) is 5.31. The first kappa shape index (κ1) is 14.9. The van der Waals surface area contributed by atoms with Gasteiger partial charge in [-0.05, 0) is 36.6 Å². The lowest BCUT2D eigenvalue weighted by molar-refractivity contribution is -0.137. The lowest BCUT2D eigenvalue weighted by atomic mass is 10.0. The van der Waals surface area contributed by atoms with Crippen LogP contribution in [0.3, 0.4) is 0 Å². The van der Waals surface area contributed by atoms with E-state index in [9.17, 15) is 13.2 Å². The summed E-state index contributed by atoms with van der Waals surface area (Å²) in [5.41, 5.74) is 2.26. The summed E-state index contributed by atoms with van der Waals surface area (Å²) in [6.45, 7) is 1.99. The fourth-order valence-corrected chi connectivity index (χ4v) is 2.37. The van der Waals surface area contributed by atoms with Crippen LogP contribution in [0.1, 0.15) is 27.6 Å². The van der Waals surface area contributed by atoms with E-state index in [1.165, 1.54) is 12.1 Å². The first-order valence-corrected chi connectivity index (χ1v) is 6.66. The van der Waals surface area contributed by atoms with Crippen LogP contribution in [0, 0.1) is 6.92 Å². The third kappa shape index (κ3) is 3.76. The molecule has 0 aromatic heterocycles. The summed E-state index contributed by atoms with van der Waals surface area (Å²) in [6, 6.07) is 13.0. The number of hydrogen-bond donors (Lipinski definition) is 0. The minimum Gasteiger partial charge on any atom is -0.166 e. The Morgan fingerprint density at radius 3 is 2.25 bits per heavy atom. The van der Waals surface area contributed by atoms with E-state index in [2.05, 4.69) is 0 Å². The summed E-state index contributed by atoms with van der Waals surface area (Å²) in [5, 5.41) is -0.334. The Balaban J connectivity index is 2.11. The van der Waals surface area contributed by atoms with E-state index in [-0.39, 0.29) is 5.38 Å². The van der Waals surface area contributed by atoms with Crippen molar-refractivity contribution in [3.63, 3.8) is 0 Å². The van der Waals surface area contributed by atoms with Crippen LogP contribution in [0.4, 0.5) is 13.2 Å². The van der Waals surface area contributed by atoms with Crippen molar-refractivity contribution in [1.82, 2.24) is 0 Å². The molecule has 0 saturated carbocycles. The fourth-order valence-electron chi connectivity index (χ4n) is 2.04. The maximum Gasteiger partial charge on any atom is 0.416 e. The summed E-state index contributed by atoms with van der Waals surface area (Å²) in [7, 11) is 0. The van der Waals surface area contributed by atoms with Gasteiger partial charge in [0.25, 0.3) is 0 Å². The Hall–Kier alpha value is -1.48. The van der Waals surface area contributed by atoms with Crippen molar-refractivity contribution in [2.24, 2.45) is 0 Å². The Morgan fingerprint density at radius 2 is 1.70 bits per heavy atom. The Labute approximate surface area is 121 Å². The molecule has 2 aromatic rings. The summed E-state index contributed by atoms with van der Waals surface area (Å²) < 4.78 is 37.4. The van der Waals surface area contributed by atoms with Crippen LogP contribution in [-0.2, 0) is 12.6 Å². The molecule has 2 aromatic carbocycles. The van der Waals surface area contributed by atoms with E-state index in [0.29, 0.717) is 12.0 Å². The zero-order valence-corrected chi connectivity index (χ0v) is 11.7. The zero-order chi connectivity index (χ0) is 14.8. The van der Waals surface area contributed by atoms with Crippen molar-refractivity contribution in [3.8, 4) is 0 Å². The van der Waals surface area contributed by atoms with Gasteiger partial charge in [-0.15, -0.1) is 11.6 Å². The molecular weight excluding hydrogens is 285 g/mol. The number of aryl methyl sites for hydroxylation is 1. The van der Waals surface area contributed by atoms with E-state index >= 15 is 0 Å². The zero-order valence-electron chi connectivity index (χ0n) is 10.9. The van der Waals surface area contributed by atoms with E-state index in [1.807, 2.05) is 31.2 Å². The highest BCUT2D eigenvalue weighted by Gasteiger charge is 2.30. The summed E-state index contributed by atoms with van der Waals surface area (Å²) in [6.07, 6.45) is -3.72. The van der Waals surface area contributed by atoms with Crippen LogP contribution < -0.4 is 0 Å². The first-order chi connectivity index (χ1) is 9.36. The predicted octanol–water partition coefficient (Wildman–Crippen LogP) is 5.54. The number of alkyl halides is 4. The SMILES string of the molecule is Cc1cccc(CC(Cl)c2ccc(C(F)(F)F)cc2)c1. The molecule has 0 N–H and O–H groups in total. The molecule has 0 amide bonds. The fraction of sp³-hybridized carbons (Fsp3) is 0.250. The van der Waals surface area contributed by atoms with Gasteiger partial charge in [0, 0.05) is 0 Å². The quantitative estimate of drug-likeness (QED) is 0.653. The van der Waals surface area contributed by atoms with E-state index in [1.54, 1.807) is 0 Å². The molecule has 0 aliphatic carbocycles. The highest BCUT2D eigenvalue weighted by molar-refractivity contribution is 6.20. The van der Waals surface area contributed by atoms with Crippen LogP contribution in [0.25, 0.3) is 0 Å². The van der Waals surface area contributed by atoms with Gasteiger partial charge in [-0.2, -0.15) is 13.2 Å². The predicted molar refractivity (Wildman–Crippen MR) is 74.9 cm³/mol. The average molecular weight is 299 g/mol. The molecule has 0 aliphatic heterocycles. The largest absolute Gasteiger partial charge is 0.416 e. The van der Waals surface area contributed by atoms with Crippen molar-refractivity contribution in [3.05, 3.63) is 70.8 Å².